The molecule has 3 heteroatoms. The van der Waals surface area contributed by atoms with Gasteiger partial charge in [0.1, 0.15) is 0 Å². The van der Waals surface area contributed by atoms with Crippen molar-refractivity contribution in [2.45, 2.75) is 6.29 Å². The molecule has 2 rings (SSSR count). The molecule has 0 N–H and O–H groups in total. The monoisotopic (exact) mass is 279 g/mol. The van der Waals surface area contributed by atoms with Crippen molar-refractivity contribution in [3.8, 4) is 6.07 Å². The molecule has 2 aromatic rings. The quantitative estimate of drug-likeness (QED) is 0.615. The Morgan fingerprint density at radius 3 is 2.24 bits per heavy atom. The molecule has 0 aliphatic rings. The van der Waals surface area contributed by atoms with Crippen molar-refractivity contribution in [3.05, 3.63) is 77.4 Å². The van der Waals surface area contributed by atoms with Gasteiger partial charge in [-0.2, -0.15) is 5.26 Å². The van der Waals surface area contributed by atoms with Gasteiger partial charge in [-0.1, -0.05) is 54.6 Å². The molecule has 0 unspecified atom stereocenters. The van der Waals surface area contributed by atoms with E-state index in [9.17, 15) is 0 Å². The number of rotatable bonds is 5. The molecule has 21 heavy (non-hydrogen) atoms. The molecule has 0 atom stereocenters. The Balaban J connectivity index is 2.58. The first-order valence-electron chi connectivity index (χ1n) is 6.62. The molecule has 0 radical (unpaired) electrons. The molecule has 0 aromatic heterocycles. The standard InChI is InChI=1S/C18H17NO2/c1-20-18(21-2)17-11-7-6-10-16(17)15(12-13-19)14-8-4-3-5-9-14/h3-12,18H,1-2H3. The van der Waals surface area contributed by atoms with E-state index in [1.165, 1.54) is 0 Å². The van der Waals surface area contributed by atoms with Crippen molar-refractivity contribution < 1.29 is 9.47 Å². The first-order valence-corrected chi connectivity index (χ1v) is 6.62. The van der Waals surface area contributed by atoms with E-state index in [-0.39, 0.29) is 0 Å². The summed E-state index contributed by atoms with van der Waals surface area (Å²) >= 11 is 0. The number of hydrogen-bond donors (Lipinski definition) is 0. The summed E-state index contributed by atoms with van der Waals surface area (Å²) in [4.78, 5) is 0. The van der Waals surface area contributed by atoms with E-state index >= 15 is 0 Å². The molecule has 3 nitrogen and oxygen atoms in total. The van der Waals surface area contributed by atoms with Gasteiger partial charge in [0.2, 0.25) is 0 Å². The van der Waals surface area contributed by atoms with Crippen LogP contribution in [0.5, 0.6) is 0 Å². The number of nitriles is 1. The normalized spacial score (nSPS) is 11.4. The highest BCUT2D eigenvalue weighted by Gasteiger charge is 2.16. The van der Waals surface area contributed by atoms with Crippen LogP contribution in [0.1, 0.15) is 23.0 Å². The van der Waals surface area contributed by atoms with Gasteiger partial charge < -0.3 is 9.47 Å². The third-order valence-electron chi connectivity index (χ3n) is 3.23. The van der Waals surface area contributed by atoms with E-state index in [0.717, 1.165) is 22.3 Å². The minimum absolute atomic E-state index is 0.466. The van der Waals surface area contributed by atoms with E-state index < -0.39 is 6.29 Å². The molecule has 0 spiro atoms. The smallest absolute Gasteiger partial charge is 0.183 e. The minimum Gasteiger partial charge on any atom is -0.352 e. The third kappa shape index (κ3) is 3.38. The summed E-state index contributed by atoms with van der Waals surface area (Å²) in [6.45, 7) is 0. The molecule has 0 fully saturated rings. The van der Waals surface area contributed by atoms with Crippen molar-refractivity contribution in [1.29, 1.82) is 5.26 Å². The molecule has 0 bridgehead atoms. The Labute approximate surface area is 125 Å². The Bertz CT molecular complexity index is 652. The molecule has 0 aliphatic carbocycles. The topological polar surface area (TPSA) is 42.2 Å². The fraction of sp³-hybridized carbons (Fsp3) is 0.167. The lowest BCUT2D eigenvalue weighted by Crippen LogP contribution is -2.07. The second-order valence-electron chi connectivity index (χ2n) is 4.44. The van der Waals surface area contributed by atoms with Crippen molar-refractivity contribution in [2.75, 3.05) is 14.2 Å². The first-order chi connectivity index (χ1) is 10.3. The fourth-order valence-electron chi connectivity index (χ4n) is 2.30. The molecule has 2 aromatic carbocycles. The van der Waals surface area contributed by atoms with Crippen LogP contribution in [0.15, 0.2) is 60.7 Å². The first kappa shape index (κ1) is 15.0. The van der Waals surface area contributed by atoms with Crippen molar-refractivity contribution in [1.82, 2.24) is 0 Å². The highest BCUT2D eigenvalue weighted by molar-refractivity contribution is 5.82. The summed E-state index contributed by atoms with van der Waals surface area (Å²) in [5.41, 5.74) is 3.66. The van der Waals surface area contributed by atoms with Gasteiger partial charge in [0.05, 0.1) is 6.07 Å². The molecule has 0 saturated carbocycles. The predicted molar refractivity (Wildman–Crippen MR) is 82.3 cm³/mol. The number of hydrogen-bond acceptors (Lipinski definition) is 3. The lowest BCUT2D eigenvalue weighted by atomic mass is 9.93. The Morgan fingerprint density at radius 1 is 1.00 bits per heavy atom. The van der Waals surface area contributed by atoms with Crippen molar-refractivity contribution in [3.63, 3.8) is 0 Å². The molecule has 106 valence electrons. The van der Waals surface area contributed by atoms with Gasteiger partial charge in [0.15, 0.2) is 6.29 Å². The van der Waals surface area contributed by atoms with E-state index in [0.29, 0.717) is 0 Å². The van der Waals surface area contributed by atoms with Gasteiger partial charge in [-0.3, -0.25) is 0 Å². The SMILES string of the molecule is COC(OC)c1ccccc1C(=CC#N)c1ccccc1. The van der Waals surface area contributed by atoms with Gasteiger partial charge in [-0.05, 0) is 16.7 Å². The zero-order valence-corrected chi connectivity index (χ0v) is 12.1. The van der Waals surface area contributed by atoms with Crippen LogP contribution in [-0.2, 0) is 9.47 Å². The summed E-state index contributed by atoms with van der Waals surface area (Å²) in [6, 6.07) is 19.7. The van der Waals surface area contributed by atoms with E-state index in [4.69, 9.17) is 14.7 Å². The number of ether oxygens (including phenoxy) is 2. The van der Waals surface area contributed by atoms with Crippen LogP contribution in [0.3, 0.4) is 0 Å². The fourth-order valence-corrected chi connectivity index (χ4v) is 2.30. The van der Waals surface area contributed by atoms with Crippen LogP contribution in [0.2, 0.25) is 0 Å². The van der Waals surface area contributed by atoms with Gasteiger partial charge in [-0.25, -0.2) is 0 Å². The average Bonchev–Trinajstić information content (AvgIpc) is 2.55. The van der Waals surface area contributed by atoms with Crippen LogP contribution in [0, 0.1) is 11.3 Å². The largest absolute Gasteiger partial charge is 0.352 e. The second kappa shape index (κ2) is 7.39. The average molecular weight is 279 g/mol. The molecular weight excluding hydrogens is 262 g/mol. The van der Waals surface area contributed by atoms with Gasteiger partial charge in [0, 0.05) is 25.9 Å². The maximum Gasteiger partial charge on any atom is 0.183 e. The van der Waals surface area contributed by atoms with E-state index in [2.05, 4.69) is 6.07 Å². The summed E-state index contributed by atoms with van der Waals surface area (Å²) in [5.74, 6) is 0. The van der Waals surface area contributed by atoms with E-state index in [1.54, 1.807) is 20.3 Å². The highest BCUT2D eigenvalue weighted by Crippen LogP contribution is 2.31. The van der Waals surface area contributed by atoms with Crippen LogP contribution in [-0.4, -0.2) is 14.2 Å². The summed E-state index contributed by atoms with van der Waals surface area (Å²) in [6.07, 6.45) is 1.09. The van der Waals surface area contributed by atoms with Crippen LogP contribution < -0.4 is 0 Å². The van der Waals surface area contributed by atoms with Gasteiger partial charge in [-0.15, -0.1) is 0 Å². The molecule has 0 aliphatic heterocycles. The number of nitrogens with zero attached hydrogens (tertiary/aromatic N) is 1. The van der Waals surface area contributed by atoms with E-state index in [1.807, 2.05) is 54.6 Å². The Hall–Kier alpha value is -2.41. The lowest BCUT2D eigenvalue weighted by molar-refractivity contribution is -0.106. The van der Waals surface area contributed by atoms with Crippen LogP contribution in [0.25, 0.3) is 5.57 Å². The Morgan fingerprint density at radius 2 is 1.62 bits per heavy atom. The molecule has 0 saturated heterocycles. The van der Waals surface area contributed by atoms with Crippen molar-refractivity contribution >= 4 is 5.57 Å². The van der Waals surface area contributed by atoms with Crippen LogP contribution >= 0.6 is 0 Å². The summed E-state index contributed by atoms with van der Waals surface area (Å²) < 4.78 is 10.7. The Kier molecular flexibility index (Phi) is 5.28. The number of benzene rings is 2. The molecule has 0 amide bonds. The van der Waals surface area contributed by atoms with Gasteiger partial charge in [0.25, 0.3) is 0 Å². The number of methoxy groups -OCH3 is 2. The summed E-state index contributed by atoms with van der Waals surface area (Å²) in [7, 11) is 3.20. The lowest BCUT2D eigenvalue weighted by Gasteiger charge is -2.19. The predicted octanol–water partition coefficient (Wildman–Crippen LogP) is 3.93. The zero-order valence-electron chi connectivity index (χ0n) is 12.1. The highest BCUT2D eigenvalue weighted by atomic mass is 16.7. The number of allylic oxidation sites excluding steroid dienone is 1. The molecular formula is C18H17NO2. The van der Waals surface area contributed by atoms with Crippen LogP contribution in [0.4, 0.5) is 0 Å². The summed E-state index contributed by atoms with van der Waals surface area (Å²) in [5, 5.41) is 9.11. The maximum absolute atomic E-state index is 9.11. The zero-order chi connectivity index (χ0) is 15.1. The maximum atomic E-state index is 9.11. The minimum atomic E-state index is -0.466. The molecule has 0 heterocycles. The van der Waals surface area contributed by atoms with Gasteiger partial charge >= 0.3 is 0 Å². The third-order valence-corrected chi connectivity index (χ3v) is 3.23. The second-order valence-corrected chi connectivity index (χ2v) is 4.44. The van der Waals surface area contributed by atoms with Crippen molar-refractivity contribution in [2.24, 2.45) is 0 Å².